The van der Waals surface area contributed by atoms with Crippen molar-refractivity contribution in [2.24, 2.45) is 0 Å². The fraction of sp³-hybridized carbons (Fsp3) is 0.714. The fourth-order valence-electron chi connectivity index (χ4n) is 5.66. The van der Waals surface area contributed by atoms with Crippen LogP contribution >= 0.6 is 0 Å². The van der Waals surface area contributed by atoms with Gasteiger partial charge in [-0.3, -0.25) is 0 Å². The van der Waals surface area contributed by atoms with E-state index in [1.54, 1.807) is 5.56 Å². The van der Waals surface area contributed by atoms with E-state index in [4.69, 9.17) is 0 Å². The highest BCUT2D eigenvalue weighted by molar-refractivity contribution is 5.60. The standard InChI is InChI=1S/C21H31N3/c1-4-10-23(11-5-1)17-14-18(15-17)24-12-8-21(9-13-24)16-22-20-7-3-2-6-19(20)21/h2-3,6-7,17-18,22H,1,4-5,8-16H2. The van der Waals surface area contributed by atoms with Crippen LogP contribution < -0.4 is 5.32 Å². The summed E-state index contributed by atoms with van der Waals surface area (Å²) in [5.74, 6) is 0. The van der Waals surface area contributed by atoms with Gasteiger partial charge in [0.05, 0.1) is 0 Å². The monoisotopic (exact) mass is 325 g/mol. The zero-order chi connectivity index (χ0) is 16.0. The summed E-state index contributed by atoms with van der Waals surface area (Å²) in [6.07, 6.45) is 9.85. The highest BCUT2D eigenvalue weighted by atomic mass is 15.2. The maximum atomic E-state index is 3.66. The number of para-hydroxylation sites is 1. The minimum absolute atomic E-state index is 0.420. The first kappa shape index (κ1) is 15.2. The van der Waals surface area contributed by atoms with Crippen LogP contribution in [0, 0.1) is 0 Å². The lowest BCUT2D eigenvalue weighted by atomic mass is 9.73. The molecule has 1 aromatic rings. The normalized spacial score (nSPS) is 33.0. The van der Waals surface area contributed by atoms with Crippen LogP contribution in [-0.4, -0.2) is 54.6 Å². The number of anilines is 1. The van der Waals surface area contributed by atoms with Crippen LogP contribution in [0.4, 0.5) is 5.69 Å². The molecule has 3 heterocycles. The summed E-state index contributed by atoms with van der Waals surface area (Å²) in [5.41, 5.74) is 3.40. The van der Waals surface area contributed by atoms with Crippen LogP contribution in [0.3, 0.4) is 0 Å². The number of hydrogen-bond acceptors (Lipinski definition) is 3. The van der Waals surface area contributed by atoms with Crippen LogP contribution in [0.2, 0.25) is 0 Å². The summed E-state index contributed by atoms with van der Waals surface area (Å²) in [6, 6.07) is 10.8. The summed E-state index contributed by atoms with van der Waals surface area (Å²) >= 11 is 0. The summed E-state index contributed by atoms with van der Waals surface area (Å²) in [7, 11) is 0. The second kappa shape index (κ2) is 6.03. The Hall–Kier alpha value is -1.06. The van der Waals surface area contributed by atoms with E-state index in [2.05, 4.69) is 39.4 Å². The van der Waals surface area contributed by atoms with Crippen molar-refractivity contribution in [2.75, 3.05) is 38.0 Å². The van der Waals surface area contributed by atoms with Gasteiger partial charge in [-0.05, 0) is 76.3 Å². The molecule has 0 unspecified atom stereocenters. The maximum Gasteiger partial charge on any atom is 0.0379 e. The molecule has 1 N–H and O–H groups in total. The molecule has 0 atom stereocenters. The molecule has 24 heavy (non-hydrogen) atoms. The van der Waals surface area contributed by atoms with Gasteiger partial charge in [-0.1, -0.05) is 24.6 Å². The third kappa shape index (κ3) is 2.48. The molecular formula is C21H31N3. The molecule has 3 fully saturated rings. The highest BCUT2D eigenvalue weighted by Gasteiger charge is 2.44. The molecule has 3 aliphatic heterocycles. The Morgan fingerprint density at radius 1 is 0.833 bits per heavy atom. The summed E-state index contributed by atoms with van der Waals surface area (Å²) in [4.78, 5) is 5.59. The van der Waals surface area contributed by atoms with Gasteiger partial charge < -0.3 is 15.1 Å². The average Bonchev–Trinajstić information content (AvgIpc) is 2.95. The van der Waals surface area contributed by atoms with E-state index in [1.807, 2.05) is 0 Å². The number of nitrogens with one attached hydrogen (secondary N) is 1. The van der Waals surface area contributed by atoms with E-state index in [0.717, 1.165) is 18.6 Å². The van der Waals surface area contributed by atoms with Gasteiger partial charge >= 0.3 is 0 Å². The number of likely N-dealkylation sites (tertiary alicyclic amines) is 2. The van der Waals surface area contributed by atoms with E-state index >= 15 is 0 Å². The van der Waals surface area contributed by atoms with Crippen LogP contribution in [0.5, 0.6) is 0 Å². The molecule has 0 amide bonds. The summed E-state index contributed by atoms with van der Waals surface area (Å²) in [5, 5.41) is 3.66. The fourth-order valence-corrected chi connectivity index (χ4v) is 5.66. The predicted octanol–water partition coefficient (Wildman–Crippen LogP) is 3.46. The molecule has 4 aliphatic rings. The summed E-state index contributed by atoms with van der Waals surface area (Å²) in [6.45, 7) is 6.48. The first-order valence-electron chi connectivity index (χ1n) is 10.2. The zero-order valence-corrected chi connectivity index (χ0v) is 14.8. The minimum atomic E-state index is 0.420. The number of fused-ring (bicyclic) bond motifs is 2. The number of rotatable bonds is 2. The molecule has 0 radical (unpaired) electrons. The van der Waals surface area contributed by atoms with Gasteiger partial charge in [0, 0.05) is 29.7 Å². The van der Waals surface area contributed by atoms with E-state index < -0.39 is 0 Å². The Balaban J connectivity index is 1.17. The lowest BCUT2D eigenvalue weighted by Gasteiger charge is -2.51. The number of nitrogens with zero attached hydrogens (tertiary/aromatic N) is 2. The van der Waals surface area contributed by atoms with Crippen LogP contribution in [0.15, 0.2) is 24.3 Å². The van der Waals surface area contributed by atoms with Crippen molar-refractivity contribution in [1.29, 1.82) is 0 Å². The first-order chi connectivity index (χ1) is 11.8. The topological polar surface area (TPSA) is 18.5 Å². The third-order valence-corrected chi connectivity index (χ3v) is 7.38. The molecule has 1 saturated carbocycles. The average molecular weight is 326 g/mol. The van der Waals surface area contributed by atoms with Gasteiger partial charge in [-0.15, -0.1) is 0 Å². The molecule has 3 nitrogen and oxygen atoms in total. The Labute approximate surface area is 146 Å². The van der Waals surface area contributed by atoms with Crippen molar-refractivity contribution < 1.29 is 0 Å². The Morgan fingerprint density at radius 2 is 1.50 bits per heavy atom. The van der Waals surface area contributed by atoms with Gasteiger partial charge in [-0.2, -0.15) is 0 Å². The van der Waals surface area contributed by atoms with E-state index in [9.17, 15) is 0 Å². The van der Waals surface area contributed by atoms with Crippen molar-refractivity contribution in [3.8, 4) is 0 Å². The van der Waals surface area contributed by atoms with Crippen molar-refractivity contribution in [3.05, 3.63) is 29.8 Å². The van der Waals surface area contributed by atoms with Gasteiger partial charge in [0.15, 0.2) is 0 Å². The Bertz CT molecular complexity index is 579. The molecule has 0 bridgehead atoms. The first-order valence-corrected chi connectivity index (χ1v) is 10.2. The highest BCUT2D eigenvalue weighted by Crippen LogP contribution is 2.45. The number of benzene rings is 1. The third-order valence-electron chi connectivity index (χ3n) is 7.38. The molecule has 0 aromatic heterocycles. The van der Waals surface area contributed by atoms with Crippen molar-refractivity contribution in [1.82, 2.24) is 9.80 Å². The molecule has 5 rings (SSSR count). The number of hydrogen-bond donors (Lipinski definition) is 1. The molecular weight excluding hydrogens is 294 g/mol. The Kier molecular flexibility index (Phi) is 3.82. The minimum Gasteiger partial charge on any atom is -0.384 e. The van der Waals surface area contributed by atoms with E-state index in [0.29, 0.717) is 5.41 Å². The largest absolute Gasteiger partial charge is 0.384 e. The molecule has 130 valence electrons. The molecule has 1 aromatic carbocycles. The number of piperidine rings is 2. The van der Waals surface area contributed by atoms with Gasteiger partial charge in [0.1, 0.15) is 0 Å². The second-order valence-electron chi connectivity index (χ2n) is 8.59. The van der Waals surface area contributed by atoms with Crippen LogP contribution in [-0.2, 0) is 5.41 Å². The lowest BCUT2D eigenvalue weighted by molar-refractivity contribution is 0.00338. The second-order valence-corrected chi connectivity index (χ2v) is 8.59. The van der Waals surface area contributed by atoms with Gasteiger partial charge in [-0.25, -0.2) is 0 Å². The van der Waals surface area contributed by atoms with Crippen LogP contribution in [0.25, 0.3) is 0 Å². The zero-order valence-electron chi connectivity index (χ0n) is 14.8. The van der Waals surface area contributed by atoms with Crippen molar-refractivity contribution >= 4 is 5.69 Å². The molecule has 2 saturated heterocycles. The van der Waals surface area contributed by atoms with Crippen molar-refractivity contribution in [3.63, 3.8) is 0 Å². The molecule has 3 heteroatoms. The SMILES string of the molecule is c1ccc2c(c1)NCC21CCN(C2CC(N3CCCCC3)C2)CC1. The quantitative estimate of drug-likeness (QED) is 0.898. The predicted molar refractivity (Wildman–Crippen MR) is 99.7 cm³/mol. The molecule has 1 aliphatic carbocycles. The summed E-state index contributed by atoms with van der Waals surface area (Å²) < 4.78 is 0. The van der Waals surface area contributed by atoms with Crippen LogP contribution in [0.1, 0.15) is 50.5 Å². The van der Waals surface area contributed by atoms with Gasteiger partial charge in [0.25, 0.3) is 0 Å². The Morgan fingerprint density at radius 3 is 2.25 bits per heavy atom. The molecule has 1 spiro atoms. The van der Waals surface area contributed by atoms with E-state index in [-0.39, 0.29) is 0 Å². The lowest BCUT2D eigenvalue weighted by Crippen LogP contribution is -2.57. The smallest absolute Gasteiger partial charge is 0.0379 e. The van der Waals surface area contributed by atoms with Crippen molar-refractivity contribution in [2.45, 2.75) is 62.4 Å². The van der Waals surface area contributed by atoms with E-state index in [1.165, 1.54) is 76.8 Å². The van der Waals surface area contributed by atoms with Gasteiger partial charge in [0.2, 0.25) is 0 Å². The maximum absolute atomic E-state index is 3.66.